The lowest BCUT2D eigenvalue weighted by molar-refractivity contribution is -0.142. The summed E-state index contributed by atoms with van der Waals surface area (Å²) < 4.78 is 0. The van der Waals surface area contributed by atoms with Crippen LogP contribution in [0, 0.1) is 11.8 Å². The number of aliphatic carboxylic acids is 1. The summed E-state index contributed by atoms with van der Waals surface area (Å²) in [5.74, 6) is -0.506. The monoisotopic (exact) mass is 278 g/mol. The standard InChI is InChI=1S/C15H22N2O3/c1-11(2)6-7-12(15(19)20)8-9-14(18)17-13-5-3-4-10-16-13/h3-5,10-12H,6-9H2,1-2H3,(H,19,20)(H,16,17,18)/t12-/m0/s1. The molecule has 0 aliphatic heterocycles. The van der Waals surface area contributed by atoms with E-state index in [1.54, 1.807) is 24.4 Å². The smallest absolute Gasteiger partial charge is 0.306 e. The molecule has 1 heterocycles. The largest absolute Gasteiger partial charge is 0.481 e. The van der Waals surface area contributed by atoms with Crippen molar-refractivity contribution in [3.8, 4) is 0 Å². The Bertz CT molecular complexity index is 432. The number of nitrogens with one attached hydrogen (secondary N) is 1. The third-order valence-corrected chi connectivity index (χ3v) is 3.09. The van der Waals surface area contributed by atoms with Crippen molar-refractivity contribution >= 4 is 17.7 Å². The quantitative estimate of drug-likeness (QED) is 0.766. The van der Waals surface area contributed by atoms with Crippen LogP contribution in [0.25, 0.3) is 0 Å². The maximum absolute atomic E-state index is 11.7. The highest BCUT2D eigenvalue weighted by Crippen LogP contribution is 2.18. The minimum Gasteiger partial charge on any atom is -0.481 e. The van der Waals surface area contributed by atoms with Gasteiger partial charge in [0, 0.05) is 12.6 Å². The molecule has 0 bridgehead atoms. The average Bonchev–Trinajstić information content (AvgIpc) is 2.39. The minimum atomic E-state index is -0.823. The number of carboxylic acids is 1. The van der Waals surface area contributed by atoms with Gasteiger partial charge in [-0.05, 0) is 30.9 Å². The zero-order valence-corrected chi connectivity index (χ0v) is 12.0. The summed E-state index contributed by atoms with van der Waals surface area (Å²) in [6.45, 7) is 4.12. The molecular weight excluding hydrogens is 256 g/mol. The van der Waals surface area contributed by atoms with Gasteiger partial charge < -0.3 is 10.4 Å². The van der Waals surface area contributed by atoms with E-state index < -0.39 is 11.9 Å². The number of carboxylic acid groups (broad SMARTS) is 1. The molecule has 5 nitrogen and oxygen atoms in total. The number of aromatic nitrogens is 1. The predicted molar refractivity (Wildman–Crippen MR) is 77.3 cm³/mol. The van der Waals surface area contributed by atoms with Crippen LogP contribution in [0.15, 0.2) is 24.4 Å². The molecule has 0 radical (unpaired) electrons. The summed E-state index contributed by atoms with van der Waals surface area (Å²) in [4.78, 5) is 26.9. The second-order valence-electron chi connectivity index (χ2n) is 5.31. The molecule has 1 aromatic rings. The first kappa shape index (κ1) is 16.1. The first-order valence-corrected chi connectivity index (χ1v) is 6.92. The molecule has 20 heavy (non-hydrogen) atoms. The molecule has 110 valence electrons. The molecule has 0 aliphatic rings. The van der Waals surface area contributed by atoms with Crippen LogP contribution in [-0.2, 0) is 9.59 Å². The normalized spacial score (nSPS) is 12.2. The molecule has 0 fully saturated rings. The van der Waals surface area contributed by atoms with Gasteiger partial charge >= 0.3 is 5.97 Å². The Balaban J connectivity index is 2.39. The van der Waals surface area contributed by atoms with E-state index in [1.165, 1.54) is 0 Å². The molecule has 0 saturated carbocycles. The topological polar surface area (TPSA) is 79.3 Å². The fourth-order valence-corrected chi connectivity index (χ4v) is 1.87. The number of pyridine rings is 1. The lowest BCUT2D eigenvalue weighted by atomic mass is 9.94. The van der Waals surface area contributed by atoms with E-state index in [0.29, 0.717) is 24.6 Å². The van der Waals surface area contributed by atoms with Gasteiger partial charge in [-0.3, -0.25) is 9.59 Å². The molecule has 1 atom stereocenters. The minimum absolute atomic E-state index is 0.195. The molecule has 0 aliphatic carbocycles. The Morgan fingerprint density at radius 3 is 2.55 bits per heavy atom. The van der Waals surface area contributed by atoms with E-state index in [-0.39, 0.29) is 12.3 Å². The van der Waals surface area contributed by atoms with Gasteiger partial charge in [0.15, 0.2) is 0 Å². The lowest BCUT2D eigenvalue weighted by Crippen LogP contribution is -2.19. The molecule has 0 saturated heterocycles. The summed E-state index contributed by atoms with van der Waals surface area (Å²) in [5, 5.41) is 11.8. The Labute approximate surface area is 119 Å². The van der Waals surface area contributed by atoms with Crippen LogP contribution in [0.3, 0.4) is 0 Å². The summed E-state index contributed by atoms with van der Waals surface area (Å²) in [6, 6.07) is 5.25. The van der Waals surface area contributed by atoms with Crippen molar-refractivity contribution < 1.29 is 14.7 Å². The first-order chi connectivity index (χ1) is 9.49. The molecule has 1 aromatic heterocycles. The fourth-order valence-electron chi connectivity index (χ4n) is 1.87. The highest BCUT2D eigenvalue weighted by atomic mass is 16.4. The summed E-state index contributed by atoms with van der Waals surface area (Å²) >= 11 is 0. The molecule has 0 aromatic carbocycles. The maximum Gasteiger partial charge on any atom is 0.306 e. The predicted octanol–water partition coefficient (Wildman–Crippen LogP) is 2.94. The number of carbonyl (C=O) groups excluding carboxylic acids is 1. The number of carbonyl (C=O) groups is 2. The summed E-state index contributed by atoms with van der Waals surface area (Å²) in [6.07, 6.45) is 3.63. The van der Waals surface area contributed by atoms with Gasteiger partial charge in [0.2, 0.25) is 5.91 Å². The van der Waals surface area contributed by atoms with Gasteiger partial charge in [0.1, 0.15) is 5.82 Å². The number of hydrogen-bond acceptors (Lipinski definition) is 3. The number of anilines is 1. The molecular formula is C15H22N2O3. The second-order valence-corrected chi connectivity index (χ2v) is 5.31. The van der Waals surface area contributed by atoms with Crippen LogP contribution < -0.4 is 5.32 Å². The Morgan fingerprint density at radius 2 is 2.00 bits per heavy atom. The van der Waals surface area contributed by atoms with E-state index in [9.17, 15) is 9.59 Å². The highest BCUT2D eigenvalue weighted by molar-refractivity contribution is 5.89. The SMILES string of the molecule is CC(C)CC[C@@H](CCC(=O)Nc1ccccn1)C(=O)O. The van der Waals surface area contributed by atoms with Crippen LogP contribution in [0.5, 0.6) is 0 Å². The molecule has 0 unspecified atom stereocenters. The van der Waals surface area contributed by atoms with E-state index in [2.05, 4.69) is 24.1 Å². The van der Waals surface area contributed by atoms with Crippen molar-refractivity contribution in [1.82, 2.24) is 4.98 Å². The zero-order chi connectivity index (χ0) is 15.0. The zero-order valence-electron chi connectivity index (χ0n) is 12.0. The number of amides is 1. The fraction of sp³-hybridized carbons (Fsp3) is 0.533. The average molecular weight is 278 g/mol. The molecule has 0 spiro atoms. The van der Waals surface area contributed by atoms with Gasteiger partial charge in [-0.25, -0.2) is 4.98 Å². The number of hydrogen-bond donors (Lipinski definition) is 2. The Hall–Kier alpha value is -1.91. The van der Waals surface area contributed by atoms with Crippen molar-refractivity contribution in [2.75, 3.05) is 5.32 Å². The van der Waals surface area contributed by atoms with Gasteiger partial charge in [0.25, 0.3) is 0 Å². The van der Waals surface area contributed by atoms with Crippen molar-refractivity contribution in [3.05, 3.63) is 24.4 Å². The van der Waals surface area contributed by atoms with Crippen molar-refractivity contribution in [2.24, 2.45) is 11.8 Å². The number of rotatable bonds is 8. The van der Waals surface area contributed by atoms with E-state index >= 15 is 0 Å². The Kier molecular flexibility index (Phi) is 6.70. The summed E-state index contributed by atoms with van der Waals surface area (Å²) in [5.41, 5.74) is 0. The van der Waals surface area contributed by atoms with E-state index in [1.807, 2.05) is 0 Å². The van der Waals surface area contributed by atoms with Crippen molar-refractivity contribution in [2.45, 2.75) is 39.5 Å². The van der Waals surface area contributed by atoms with Crippen molar-refractivity contribution in [1.29, 1.82) is 0 Å². The second kappa shape index (κ2) is 8.30. The van der Waals surface area contributed by atoms with E-state index in [0.717, 1.165) is 6.42 Å². The summed E-state index contributed by atoms with van der Waals surface area (Å²) in [7, 11) is 0. The lowest BCUT2D eigenvalue weighted by Gasteiger charge is -2.13. The Morgan fingerprint density at radius 1 is 1.25 bits per heavy atom. The van der Waals surface area contributed by atoms with Crippen LogP contribution >= 0.6 is 0 Å². The molecule has 1 amide bonds. The third kappa shape index (κ3) is 6.31. The van der Waals surface area contributed by atoms with Crippen molar-refractivity contribution in [3.63, 3.8) is 0 Å². The first-order valence-electron chi connectivity index (χ1n) is 6.92. The molecule has 1 rings (SSSR count). The highest BCUT2D eigenvalue weighted by Gasteiger charge is 2.19. The van der Waals surface area contributed by atoms with Gasteiger partial charge in [-0.1, -0.05) is 26.3 Å². The molecule has 2 N–H and O–H groups in total. The maximum atomic E-state index is 11.7. The van der Waals surface area contributed by atoms with Crippen LogP contribution in [-0.4, -0.2) is 22.0 Å². The molecule has 5 heteroatoms. The van der Waals surface area contributed by atoms with E-state index in [4.69, 9.17) is 5.11 Å². The van der Waals surface area contributed by atoms with Crippen LogP contribution in [0.1, 0.15) is 39.5 Å². The van der Waals surface area contributed by atoms with Crippen LogP contribution in [0.4, 0.5) is 5.82 Å². The number of nitrogens with zero attached hydrogens (tertiary/aromatic N) is 1. The van der Waals surface area contributed by atoms with Gasteiger partial charge in [0.05, 0.1) is 5.92 Å². The van der Waals surface area contributed by atoms with Gasteiger partial charge in [-0.15, -0.1) is 0 Å². The van der Waals surface area contributed by atoms with Crippen LogP contribution in [0.2, 0.25) is 0 Å². The van der Waals surface area contributed by atoms with Gasteiger partial charge in [-0.2, -0.15) is 0 Å². The third-order valence-electron chi connectivity index (χ3n) is 3.09.